The van der Waals surface area contributed by atoms with Crippen LogP contribution in [0.2, 0.25) is 0 Å². The lowest BCUT2D eigenvalue weighted by atomic mass is 9.85. The van der Waals surface area contributed by atoms with Gasteiger partial charge in [-0.15, -0.1) is 0 Å². The standard InChI is InChI=1S/C27H27N3O4/c1-27(2,3)20-9-16(6-7-22(20)31)23(32)13-30-12-18-10-24-25(11-19(18)26(30)28)33-14-17-5-4-8-29-21(17)15-34-24/h4-12,31H,13-15,28H2,1-3H3. The largest absolute Gasteiger partial charge is 0.508 e. The number of phenolic OH excluding ortho intramolecular Hbond substituents is 1. The van der Waals surface area contributed by atoms with Gasteiger partial charge in [0.15, 0.2) is 17.3 Å². The Morgan fingerprint density at radius 2 is 1.88 bits per heavy atom. The van der Waals surface area contributed by atoms with Crippen molar-refractivity contribution in [2.75, 3.05) is 5.73 Å². The minimum Gasteiger partial charge on any atom is -0.508 e. The van der Waals surface area contributed by atoms with Gasteiger partial charge in [0, 0.05) is 34.3 Å². The lowest BCUT2D eigenvalue weighted by Crippen LogP contribution is -2.15. The van der Waals surface area contributed by atoms with Crippen LogP contribution in [0.5, 0.6) is 17.2 Å². The number of aromatic hydroxyl groups is 1. The lowest BCUT2D eigenvalue weighted by Gasteiger charge is -2.21. The van der Waals surface area contributed by atoms with E-state index in [-0.39, 0.29) is 23.5 Å². The molecule has 0 bridgehead atoms. The first-order chi connectivity index (χ1) is 16.2. The van der Waals surface area contributed by atoms with E-state index in [1.807, 2.05) is 51.2 Å². The van der Waals surface area contributed by atoms with Crippen LogP contribution >= 0.6 is 0 Å². The number of ether oxygens (including phenoxy) is 2. The number of phenols is 1. The smallest absolute Gasteiger partial charge is 0.182 e. The van der Waals surface area contributed by atoms with E-state index in [1.54, 1.807) is 29.0 Å². The zero-order valence-electron chi connectivity index (χ0n) is 19.5. The van der Waals surface area contributed by atoms with Crippen LogP contribution in [0.25, 0.3) is 10.8 Å². The Balaban J connectivity index is 1.45. The number of ketones is 1. The topological polar surface area (TPSA) is 99.6 Å². The fraction of sp³-hybridized carbons (Fsp3) is 0.259. The van der Waals surface area contributed by atoms with E-state index in [1.165, 1.54) is 0 Å². The van der Waals surface area contributed by atoms with Crippen LogP contribution < -0.4 is 15.2 Å². The fourth-order valence-electron chi connectivity index (χ4n) is 4.24. The Morgan fingerprint density at radius 3 is 2.68 bits per heavy atom. The summed E-state index contributed by atoms with van der Waals surface area (Å²) in [6, 6.07) is 12.6. The fourth-order valence-corrected chi connectivity index (χ4v) is 4.24. The zero-order valence-corrected chi connectivity index (χ0v) is 19.5. The Labute approximate surface area is 197 Å². The molecule has 34 heavy (non-hydrogen) atoms. The van der Waals surface area contributed by atoms with Crippen LogP contribution in [0.4, 0.5) is 5.82 Å². The molecule has 3 N–H and O–H groups in total. The third-order valence-corrected chi connectivity index (χ3v) is 6.17. The Hall–Kier alpha value is -4.00. The number of pyridine rings is 1. The van der Waals surface area contributed by atoms with Crippen LogP contribution in [0.1, 0.15) is 48.0 Å². The summed E-state index contributed by atoms with van der Waals surface area (Å²) in [6.45, 7) is 6.81. The van der Waals surface area contributed by atoms with E-state index in [2.05, 4.69) is 4.98 Å². The van der Waals surface area contributed by atoms with E-state index in [0.717, 1.165) is 27.6 Å². The van der Waals surface area contributed by atoms with E-state index < -0.39 is 0 Å². The molecule has 0 saturated carbocycles. The Bertz CT molecular complexity index is 1420. The number of hydrogen-bond acceptors (Lipinski definition) is 6. The van der Waals surface area contributed by atoms with Gasteiger partial charge in [0.2, 0.25) is 0 Å². The summed E-state index contributed by atoms with van der Waals surface area (Å²) in [5.74, 6) is 1.79. The summed E-state index contributed by atoms with van der Waals surface area (Å²) >= 11 is 0. The number of carbonyl (C=O) groups is 1. The van der Waals surface area contributed by atoms with Crippen LogP contribution in [0.3, 0.4) is 0 Å². The number of fused-ring (bicyclic) bond motifs is 3. The zero-order chi connectivity index (χ0) is 24.0. The van der Waals surface area contributed by atoms with Crippen molar-refractivity contribution in [2.45, 2.75) is 45.9 Å². The van der Waals surface area contributed by atoms with Crippen molar-refractivity contribution < 1.29 is 19.4 Å². The second-order valence-corrected chi connectivity index (χ2v) is 9.62. The second-order valence-electron chi connectivity index (χ2n) is 9.62. The number of carbonyl (C=O) groups excluding carboxylic acids is 1. The normalized spacial score (nSPS) is 13.3. The first-order valence-electron chi connectivity index (χ1n) is 11.2. The molecule has 0 fully saturated rings. The summed E-state index contributed by atoms with van der Waals surface area (Å²) in [6.07, 6.45) is 3.59. The summed E-state index contributed by atoms with van der Waals surface area (Å²) in [7, 11) is 0. The van der Waals surface area contributed by atoms with Gasteiger partial charge in [-0.05, 0) is 47.4 Å². The molecule has 0 aliphatic carbocycles. The number of hydrogen-bond donors (Lipinski definition) is 2. The predicted molar refractivity (Wildman–Crippen MR) is 130 cm³/mol. The summed E-state index contributed by atoms with van der Waals surface area (Å²) < 4.78 is 13.7. The molecular weight excluding hydrogens is 430 g/mol. The molecule has 2 aromatic carbocycles. The molecule has 0 radical (unpaired) electrons. The first kappa shape index (κ1) is 21.8. The first-order valence-corrected chi connectivity index (χ1v) is 11.2. The molecule has 0 atom stereocenters. The molecule has 5 rings (SSSR count). The average molecular weight is 458 g/mol. The van der Waals surface area contributed by atoms with Gasteiger partial charge in [0.1, 0.15) is 24.8 Å². The van der Waals surface area contributed by atoms with Crippen molar-refractivity contribution in [2.24, 2.45) is 0 Å². The number of Topliss-reactive ketones (excluding diaryl/α,β-unsaturated/α-hetero) is 1. The highest BCUT2D eigenvalue weighted by molar-refractivity contribution is 5.99. The van der Waals surface area contributed by atoms with E-state index in [9.17, 15) is 9.90 Å². The molecule has 0 unspecified atom stereocenters. The molecule has 1 aliphatic heterocycles. The van der Waals surface area contributed by atoms with Gasteiger partial charge in [-0.3, -0.25) is 9.78 Å². The maximum absolute atomic E-state index is 13.1. The number of rotatable bonds is 3. The molecule has 4 aromatic rings. The van der Waals surface area contributed by atoms with Crippen LogP contribution in [0, 0.1) is 0 Å². The number of nitrogens with zero attached hydrogens (tertiary/aromatic N) is 2. The minimum absolute atomic E-state index is 0.0800. The maximum Gasteiger partial charge on any atom is 0.182 e. The molecule has 0 spiro atoms. The van der Waals surface area contributed by atoms with Crippen LogP contribution in [-0.2, 0) is 25.2 Å². The number of aromatic nitrogens is 2. The number of nitrogens with two attached hydrogens (primary N) is 1. The molecule has 0 amide bonds. The number of benzene rings is 2. The van der Waals surface area contributed by atoms with Gasteiger partial charge in [-0.25, -0.2) is 0 Å². The summed E-state index contributed by atoms with van der Waals surface area (Å²) in [5, 5.41) is 11.9. The quantitative estimate of drug-likeness (QED) is 0.421. The Kier molecular flexibility index (Phi) is 5.20. The highest BCUT2D eigenvalue weighted by Crippen LogP contribution is 2.38. The number of anilines is 1. The van der Waals surface area contributed by atoms with Crippen LogP contribution in [-0.4, -0.2) is 20.4 Å². The number of nitrogen functional groups attached to an aromatic ring is 1. The Morgan fingerprint density at radius 1 is 1.12 bits per heavy atom. The molecule has 174 valence electrons. The monoisotopic (exact) mass is 457 g/mol. The maximum atomic E-state index is 13.1. The van der Waals surface area contributed by atoms with Gasteiger partial charge in [0.05, 0.1) is 12.2 Å². The second kappa shape index (κ2) is 8.09. The van der Waals surface area contributed by atoms with Gasteiger partial charge >= 0.3 is 0 Å². The van der Waals surface area contributed by atoms with Crippen molar-refractivity contribution in [1.29, 1.82) is 0 Å². The van der Waals surface area contributed by atoms with Crippen molar-refractivity contribution in [3.05, 3.63) is 77.2 Å². The van der Waals surface area contributed by atoms with Crippen LogP contribution in [0.15, 0.2) is 54.9 Å². The molecule has 1 aliphatic rings. The molecule has 3 heterocycles. The molecule has 0 saturated heterocycles. The summed E-state index contributed by atoms with van der Waals surface area (Å²) in [4.78, 5) is 17.5. The summed E-state index contributed by atoms with van der Waals surface area (Å²) in [5.41, 5.74) is 9.24. The highest BCUT2D eigenvalue weighted by atomic mass is 16.5. The third-order valence-electron chi connectivity index (χ3n) is 6.17. The predicted octanol–water partition coefficient (Wildman–Crippen LogP) is 4.98. The van der Waals surface area contributed by atoms with Gasteiger partial charge < -0.3 is 24.9 Å². The van der Waals surface area contributed by atoms with Crippen molar-refractivity contribution in [1.82, 2.24) is 9.55 Å². The molecule has 7 heteroatoms. The van der Waals surface area contributed by atoms with Gasteiger partial charge in [-0.2, -0.15) is 0 Å². The van der Waals surface area contributed by atoms with Gasteiger partial charge in [-0.1, -0.05) is 26.8 Å². The average Bonchev–Trinajstić information content (AvgIpc) is 3.08. The lowest BCUT2D eigenvalue weighted by molar-refractivity contribution is 0.0973. The third kappa shape index (κ3) is 3.94. The highest BCUT2D eigenvalue weighted by Gasteiger charge is 2.21. The van der Waals surface area contributed by atoms with Crippen molar-refractivity contribution in [3.63, 3.8) is 0 Å². The van der Waals surface area contributed by atoms with Crippen molar-refractivity contribution >= 4 is 22.4 Å². The minimum atomic E-state index is -0.285. The van der Waals surface area contributed by atoms with E-state index >= 15 is 0 Å². The van der Waals surface area contributed by atoms with E-state index in [4.69, 9.17) is 15.2 Å². The molecule has 7 nitrogen and oxygen atoms in total. The van der Waals surface area contributed by atoms with E-state index in [0.29, 0.717) is 36.1 Å². The SMILES string of the molecule is CC(C)(C)c1cc(C(=O)Cn2cc3cc4c(cc3c2N)OCc2cccnc2CO4)ccc1O. The molecule has 2 aromatic heterocycles. The molecular formula is C27H27N3O4. The van der Waals surface area contributed by atoms with Gasteiger partial charge in [0.25, 0.3) is 0 Å². The van der Waals surface area contributed by atoms with Crippen molar-refractivity contribution in [3.8, 4) is 17.2 Å².